The number of sulfonamides is 1. The predicted octanol–water partition coefficient (Wildman–Crippen LogP) is 3.62. The Morgan fingerprint density at radius 3 is 2.41 bits per heavy atom. The summed E-state index contributed by atoms with van der Waals surface area (Å²) in [6.07, 6.45) is 0.490. The number of carbonyl (C=O) groups is 1. The molecule has 0 bridgehead atoms. The standard InChI is InChI=1S/C18H21N3O5S/c1-4-10-27(25,26)20-16-7-5-6-15(13(16)3)19-18(22)14-8-9-17(21(23)24)12(2)11-14/h5-9,11,20H,4,10H2,1-3H3,(H,19,22). The van der Waals surface area contributed by atoms with E-state index in [9.17, 15) is 23.3 Å². The van der Waals surface area contributed by atoms with Gasteiger partial charge in [-0.25, -0.2) is 8.42 Å². The highest BCUT2D eigenvalue weighted by molar-refractivity contribution is 7.92. The lowest BCUT2D eigenvalue weighted by molar-refractivity contribution is -0.385. The van der Waals surface area contributed by atoms with Crippen molar-refractivity contribution in [3.05, 3.63) is 63.2 Å². The number of nitrogens with zero attached hydrogens (tertiary/aromatic N) is 1. The summed E-state index contributed by atoms with van der Waals surface area (Å²) >= 11 is 0. The van der Waals surface area contributed by atoms with E-state index in [2.05, 4.69) is 10.0 Å². The van der Waals surface area contributed by atoms with Crippen LogP contribution in [-0.4, -0.2) is 25.0 Å². The highest BCUT2D eigenvalue weighted by Crippen LogP contribution is 2.26. The second-order valence-corrected chi connectivity index (χ2v) is 7.95. The first kappa shape index (κ1) is 20.4. The second-order valence-electron chi connectivity index (χ2n) is 6.11. The molecule has 0 heterocycles. The van der Waals surface area contributed by atoms with E-state index in [1.54, 1.807) is 39.0 Å². The normalized spacial score (nSPS) is 11.1. The van der Waals surface area contributed by atoms with Crippen LogP contribution in [0.4, 0.5) is 17.1 Å². The number of amides is 1. The quantitative estimate of drug-likeness (QED) is 0.552. The summed E-state index contributed by atoms with van der Waals surface area (Å²) in [6, 6.07) is 9.01. The van der Waals surface area contributed by atoms with Crippen molar-refractivity contribution in [2.45, 2.75) is 27.2 Å². The number of hydrogen-bond acceptors (Lipinski definition) is 5. The molecule has 2 aromatic carbocycles. The van der Waals surface area contributed by atoms with Gasteiger partial charge in [-0.2, -0.15) is 0 Å². The topological polar surface area (TPSA) is 118 Å². The van der Waals surface area contributed by atoms with Gasteiger partial charge in [0.25, 0.3) is 11.6 Å². The molecular formula is C18H21N3O5S. The van der Waals surface area contributed by atoms with Crippen LogP contribution in [0.1, 0.15) is 34.8 Å². The Morgan fingerprint density at radius 2 is 1.81 bits per heavy atom. The van der Waals surface area contributed by atoms with Crippen LogP contribution in [0, 0.1) is 24.0 Å². The molecule has 0 unspecified atom stereocenters. The third kappa shape index (κ3) is 5.04. The molecule has 0 aliphatic carbocycles. The summed E-state index contributed by atoms with van der Waals surface area (Å²) in [5, 5.41) is 13.6. The number of nitro groups is 1. The number of carbonyl (C=O) groups excluding carboxylic acids is 1. The molecule has 0 spiro atoms. The highest BCUT2D eigenvalue weighted by atomic mass is 32.2. The van der Waals surface area contributed by atoms with Crippen molar-refractivity contribution in [1.82, 2.24) is 0 Å². The Kier molecular flexibility index (Phi) is 6.17. The number of nitro benzene ring substituents is 1. The van der Waals surface area contributed by atoms with Crippen molar-refractivity contribution < 1.29 is 18.1 Å². The Labute approximate surface area is 157 Å². The first-order chi connectivity index (χ1) is 12.6. The van der Waals surface area contributed by atoms with E-state index in [4.69, 9.17) is 0 Å². The highest BCUT2D eigenvalue weighted by Gasteiger charge is 2.16. The fraction of sp³-hybridized carbons (Fsp3) is 0.278. The van der Waals surface area contributed by atoms with E-state index in [1.807, 2.05) is 0 Å². The molecule has 9 heteroatoms. The van der Waals surface area contributed by atoms with Gasteiger partial charge in [0.2, 0.25) is 10.0 Å². The van der Waals surface area contributed by atoms with Gasteiger partial charge in [-0.1, -0.05) is 13.0 Å². The number of anilines is 2. The number of nitrogens with one attached hydrogen (secondary N) is 2. The Hall–Kier alpha value is -2.94. The molecule has 2 aromatic rings. The van der Waals surface area contributed by atoms with Crippen LogP contribution in [0.15, 0.2) is 36.4 Å². The summed E-state index contributed by atoms with van der Waals surface area (Å²) in [4.78, 5) is 22.9. The minimum absolute atomic E-state index is 0.00506. The smallest absolute Gasteiger partial charge is 0.272 e. The molecule has 1 amide bonds. The van der Waals surface area contributed by atoms with Crippen molar-refractivity contribution >= 4 is 33.0 Å². The molecule has 8 nitrogen and oxygen atoms in total. The van der Waals surface area contributed by atoms with Crippen molar-refractivity contribution in [1.29, 1.82) is 0 Å². The molecule has 0 aliphatic heterocycles. The maximum atomic E-state index is 12.5. The largest absolute Gasteiger partial charge is 0.322 e. The molecular weight excluding hydrogens is 370 g/mol. The van der Waals surface area contributed by atoms with Gasteiger partial charge < -0.3 is 5.32 Å². The van der Waals surface area contributed by atoms with Crippen LogP contribution >= 0.6 is 0 Å². The lowest BCUT2D eigenvalue weighted by Gasteiger charge is -2.14. The second kappa shape index (κ2) is 8.17. The van der Waals surface area contributed by atoms with Crippen LogP contribution in [0.25, 0.3) is 0 Å². The molecule has 2 N–H and O–H groups in total. The third-order valence-corrected chi connectivity index (χ3v) is 5.45. The predicted molar refractivity (Wildman–Crippen MR) is 105 cm³/mol. The molecule has 0 aromatic heterocycles. The van der Waals surface area contributed by atoms with Crippen molar-refractivity contribution in [3.63, 3.8) is 0 Å². The van der Waals surface area contributed by atoms with E-state index >= 15 is 0 Å². The van der Waals surface area contributed by atoms with Crippen LogP contribution < -0.4 is 10.0 Å². The summed E-state index contributed by atoms with van der Waals surface area (Å²) in [6.45, 7) is 5.03. The fourth-order valence-electron chi connectivity index (χ4n) is 2.56. The van der Waals surface area contributed by atoms with E-state index in [1.165, 1.54) is 18.2 Å². The summed E-state index contributed by atoms with van der Waals surface area (Å²) < 4.78 is 26.5. The molecule has 144 valence electrons. The minimum Gasteiger partial charge on any atom is -0.322 e. The number of rotatable bonds is 7. The average molecular weight is 391 g/mol. The van der Waals surface area contributed by atoms with Crippen molar-refractivity contribution in [2.24, 2.45) is 0 Å². The molecule has 0 radical (unpaired) electrons. The molecule has 0 atom stereocenters. The maximum absolute atomic E-state index is 12.5. The number of aryl methyl sites for hydroxylation is 1. The van der Waals surface area contributed by atoms with Crippen LogP contribution in [0.2, 0.25) is 0 Å². The SMILES string of the molecule is CCCS(=O)(=O)Nc1cccc(NC(=O)c2ccc([N+](=O)[O-])c(C)c2)c1C. The Morgan fingerprint density at radius 1 is 1.15 bits per heavy atom. The molecule has 0 saturated heterocycles. The maximum Gasteiger partial charge on any atom is 0.272 e. The molecule has 0 saturated carbocycles. The summed E-state index contributed by atoms with van der Waals surface area (Å²) in [7, 11) is -3.45. The number of benzene rings is 2. The Bertz CT molecular complexity index is 986. The number of hydrogen-bond donors (Lipinski definition) is 2. The lowest BCUT2D eigenvalue weighted by Crippen LogP contribution is -2.18. The lowest BCUT2D eigenvalue weighted by atomic mass is 10.1. The minimum atomic E-state index is -3.45. The van der Waals surface area contributed by atoms with Gasteiger partial charge in [-0.05, 0) is 50.1 Å². The van der Waals surface area contributed by atoms with Gasteiger partial charge in [0, 0.05) is 22.9 Å². The average Bonchev–Trinajstić information content (AvgIpc) is 2.57. The summed E-state index contributed by atoms with van der Waals surface area (Å²) in [5.74, 6) is -0.435. The molecule has 2 rings (SSSR count). The van der Waals surface area contributed by atoms with E-state index in [0.29, 0.717) is 28.9 Å². The molecule has 27 heavy (non-hydrogen) atoms. The van der Waals surface area contributed by atoms with Crippen molar-refractivity contribution in [3.8, 4) is 0 Å². The fourth-order valence-corrected chi connectivity index (χ4v) is 3.76. The van der Waals surface area contributed by atoms with Gasteiger partial charge in [-0.15, -0.1) is 0 Å². The van der Waals surface area contributed by atoms with Crippen LogP contribution in [-0.2, 0) is 10.0 Å². The molecule has 0 fully saturated rings. The first-order valence-corrected chi connectivity index (χ1v) is 9.96. The summed E-state index contributed by atoms with van der Waals surface area (Å²) in [5.41, 5.74) is 2.01. The van der Waals surface area contributed by atoms with Gasteiger partial charge in [0.1, 0.15) is 0 Å². The zero-order chi connectivity index (χ0) is 20.2. The molecule has 0 aliphatic rings. The van der Waals surface area contributed by atoms with E-state index < -0.39 is 20.9 Å². The van der Waals surface area contributed by atoms with Crippen LogP contribution in [0.5, 0.6) is 0 Å². The van der Waals surface area contributed by atoms with E-state index in [-0.39, 0.29) is 17.0 Å². The zero-order valence-electron chi connectivity index (χ0n) is 15.3. The first-order valence-electron chi connectivity index (χ1n) is 8.31. The Balaban J connectivity index is 2.25. The van der Waals surface area contributed by atoms with Gasteiger partial charge >= 0.3 is 0 Å². The van der Waals surface area contributed by atoms with Gasteiger partial charge in [0.05, 0.1) is 16.4 Å². The third-order valence-electron chi connectivity index (χ3n) is 3.98. The van der Waals surface area contributed by atoms with Crippen LogP contribution in [0.3, 0.4) is 0 Å². The van der Waals surface area contributed by atoms with Gasteiger partial charge in [0.15, 0.2) is 0 Å². The zero-order valence-corrected chi connectivity index (χ0v) is 16.1. The van der Waals surface area contributed by atoms with E-state index in [0.717, 1.165) is 0 Å². The van der Waals surface area contributed by atoms with Crippen molar-refractivity contribution in [2.75, 3.05) is 15.8 Å². The van der Waals surface area contributed by atoms with Gasteiger partial charge in [-0.3, -0.25) is 19.6 Å². The monoisotopic (exact) mass is 391 g/mol.